The minimum Gasteiger partial charge on any atom is -0.490 e. The lowest BCUT2D eigenvalue weighted by Crippen LogP contribution is -2.19. The van der Waals surface area contributed by atoms with Crippen LogP contribution in [0.4, 0.5) is 8.78 Å². The molecule has 2 atom stereocenters. The van der Waals surface area contributed by atoms with E-state index in [0.717, 1.165) is 17.7 Å². The van der Waals surface area contributed by atoms with Crippen molar-refractivity contribution in [3.63, 3.8) is 0 Å². The average Bonchev–Trinajstić information content (AvgIpc) is 2.57. The van der Waals surface area contributed by atoms with Crippen LogP contribution in [0, 0.1) is 0 Å². The normalized spacial score (nSPS) is 20.7. The van der Waals surface area contributed by atoms with Crippen LogP contribution in [0.15, 0.2) is 18.2 Å². The van der Waals surface area contributed by atoms with E-state index in [2.05, 4.69) is 0 Å². The van der Waals surface area contributed by atoms with Gasteiger partial charge in [0, 0.05) is 13.0 Å². The van der Waals surface area contributed by atoms with Gasteiger partial charge < -0.3 is 10.5 Å². The average molecular weight is 227 g/mol. The van der Waals surface area contributed by atoms with Gasteiger partial charge in [0.25, 0.3) is 0 Å². The van der Waals surface area contributed by atoms with Gasteiger partial charge in [-0.15, -0.1) is 0 Å². The summed E-state index contributed by atoms with van der Waals surface area (Å²) in [6, 6.07) is 5.24. The third-order valence-corrected chi connectivity index (χ3v) is 2.91. The molecule has 0 bridgehead atoms. The predicted molar refractivity (Wildman–Crippen MR) is 58.0 cm³/mol. The molecule has 0 spiro atoms. The van der Waals surface area contributed by atoms with Crippen LogP contribution in [0.2, 0.25) is 0 Å². The fourth-order valence-corrected chi connectivity index (χ4v) is 2.06. The number of halogens is 2. The second kappa shape index (κ2) is 4.37. The third-order valence-electron chi connectivity index (χ3n) is 2.91. The first kappa shape index (κ1) is 11.3. The Morgan fingerprint density at radius 2 is 2.25 bits per heavy atom. The molecule has 16 heavy (non-hydrogen) atoms. The Morgan fingerprint density at radius 1 is 1.50 bits per heavy atom. The highest BCUT2D eigenvalue weighted by Crippen LogP contribution is 2.32. The first-order valence-corrected chi connectivity index (χ1v) is 5.39. The maximum Gasteiger partial charge on any atom is 0.246 e. The van der Waals surface area contributed by atoms with Crippen molar-refractivity contribution < 1.29 is 13.5 Å². The number of benzene rings is 1. The first-order chi connectivity index (χ1) is 7.61. The second-order valence-corrected chi connectivity index (χ2v) is 4.18. The molecule has 2 unspecified atom stereocenters. The smallest absolute Gasteiger partial charge is 0.246 e. The molecule has 2 nitrogen and oxygen atoms in total. The molecule has 1 aromatic rings. The number of rotatable bonds is 3. The summed E-state index contributed by atoms with van der Waals surface area (Å²) >= 11 is 0. The van der Waals surface area contributed by atoms with Gasteiger partial charge >= 0.3 is 0 Å². The van der Waals surface area contributed by atoms with Crippen molar-refractivity contribution in [2.75, 3.05) is 6.54 Å². The Kier molecular flexibility index (Phi) is 3.10. The van der Waals surface area contributed by atoms with Crippen LogP contribution >= 0.6 is 0 Å². The molecule has 0 radical (unpaired) electrons. The van der Waals surface area contributed by atoms with Crippen molar-refractivity contribution in [3.8, 4) is 5.75 Å². The van der Waals surface area contributed by atoms with Gasteiger partial charge in [0.05, 0.1) is 5.92 Å². The molecular formula is C12H15F2NO. The Morgan fingerprint density at radius 3 is 2.88 bits per heavy atom. The van der Waals surface area contributed by atoms with E-state index in [1.54, 1.807) is 18.2 Å². The van der Waals surface area contributed by atoms with E-state index in [1.807, 2.05) is 6.92 Å². The zero-order valence-corrected chi connectivity index (χ0v) is 9.12. The van der Waals surface area contributed by atoms with Gasteiger partial charge in [-0.3, -0.25) is 0 Å². The van der Waals surface area contributed by atoms with Crippen LogP contribution in [-0.4, -0.2) is 19.1 Å². The lowest BCUT2D eigenvalue weighted by molar-refractivity contribution is 0.117. The fourth-order valence-electron chi connectivity index (χ4n) is 2.06. The van der Waals surface area contributed by atoms with Crippen LogP contribution in [0.3, 0.4) is 0 Å². The third kappa shape index (κ3) is 2.02. The van der Waals surface area contributed by atoms with Crippen molar-refractivity contribution in [1.82, 2.24) is 0 Å². The number of ether oxygens (including phenoxy) is 1. The zero-order valence-electron chi connectivity index (χ0n) is 9.12. The SMILES string of the molecule is CC1Cc2cc(C(CN)C(F)F)ccc2O1. The molecule has 0 saturated carbocycles. The van der Waals surface area contributed by atoms with Gasteiger partial charge in [0.15, 0.2) is 0 Å². The summed E-state index contributed by atoms with van der Waals surface area (Å²) in [5.41, 5.74) is 6.98. The summed E-state index contributed by atoms with van der Waals surface area (Å²) < 4.78 is 30.9. The molecule has 2 rings (SSSR count). The first-order valence-electron chi connectivity index (χ1n) is 5.39. The van der Waals surface area contributed by atoms with Crippen LogP contribution in [0.25, 0.3) is 0 Å². The molecule has 0 fully saturated rings. The summed E-state index contributed by atoms with van der Waals surface area (Å²) in [7, 11) is 0. The Bertz CT molecular complexity index is 381. The maximum atomic E-state index is 12.7. The van der Waals surface area contributed by atoms with Gasteiger partial charge in [-0.2, -0.15) is 0 Å². The number of fused-ring (bicyclic) bond motifs is 1. The van der Waals surface area contributed by atoms with Gasteiger partial charge in [0.2, 0.25) is 6.43 Å². The molecule has 2 N–H and O–H groups in total. The van der Waals surface area contributed by atoms with Crippen molar-refractivity contribution in [1.29, 1.82) is 0 Å². The van der Waals surface area contributed by atoms with Crippen LogP contribution < -0.4 is 10.5 Å². The van der Waals surface area contributed by atoms with E-state index in [4.69, 9.17) is 10.5 Å². The van der Waals surface area contributed by atoms with E-state index in [0.29, 0.717) is 5.56 Å². The Labute approximate surface area is 93.4 Å². The molecule has 4 heteroatoms. The van der Waals surface area contributed by atoms with E-state index in [-0.39, 0.29) is 12.6 Å². The number of hydrogen-bond donors (Lipinski definition) is 1. The van der Waals surface area contributed by atoms with Crippen molar-refractivity contribution >= 4 is 0 Å². The van der Waals surface area contributed by atoms with Gasteiger partial charge in [0.1, 0.15) is 11.9 Å². The molecule has 0 aromatic heterocycles. The van der Waals surface area contributed by atoms with E-state index in [1.165, 1.54) is 0 Å². The van der Waals surface area contributed by atoms with Crippen LogP contribution in [0.1, 0.15) is 24.0 Å². The second-order valence-electron chi connectivity index (χ2n) is 4.18. The minimum atomic E-state index is -2.41. The summed E-state index contributed by atoms with van der Waals surface area (Å²) in [5, 5.41) is 0. The lowest BCUT2D eigenvalue weighted by atomic mass is 9.96. The molecule has 1 heterocycles. The number of hydrogen-bond acceptors (Lipinski definition) is 2. The molecule has 1 aliphatic rings. The summed E-state index contributed by atoms with van der Waals surface area (Å²) in [5.74, 6) is -0.0671. The van der Waals surface area contributed by atoms with Crippen LogP contribution in [-0.2, 0) is 6.42 Å². The predicted octanol–water partition coefficient (Wildman–Crippen LogP) is 2.32. The molecule has 88 valence electrons. The Balaban J connectivity index is 2.28. The highest BCUT2D eigenvalue weighted by Gasteiger charge is 2.24. The number of nitrogens with two attached hydrogens (primary N) is 1. The molecule has 0 aliphatic carbocycles. The van der Waals surface area contributed by atoms with E-state index < -0.39 is 12.3 Å². The summed E-state index contributed by atoms with van der Waals surface area (Å²) in [4.78, 5) is 0. The van der Waals surface area contributed by atoms with Gasteiger partial charge in [-0.05, 0) is 24.1 Å². The van der Waals surface area contributed by atoms with Crippen molar-refractivity contribution in [3.05, 3.63) is 29.3 Å². The van der Waals surface area contributed by atoms with E-state index in [9.17, 15) is 8.78 Å². The molecule has 0 saturated heterocycles. The van der Waals surface area contributed by atoms with Crippen molar-refractivity contribution in [2.24, 2.45) is 5.73 Å². The van der Waals surface area contributed by atoms with Crippen molar-refractivity contribution in [2.45, 2.75) is 31.8 Å². The minimum absolute atomic E-state index is 0.0349. The molecule has 0 amide bonds. The van der Waals surface area contributed by atoms with Gasteiger partial charge in [-0.1, -0.05) is 12.1 Å². The maximum absolute atomic E-state index is 12.7. The highest BCUT2D eigenvalue weighted by molar-refractivity contribution is 5.41. The zero-order chi connectivity index (χ0) is 11.7. The fraction of sp³-hybridized carbons (Fsp3) is 0.500. The van der Waals surface area contributed by atoms with Crippen LogP contribution in [0.5, 0.6) is 5.75 Å². The Hall–Kier alpha value is -1.16. The highest BCUT2D eigenvalue weighted by atomic mass is 19.3. The van der Waals surface area contributed by atoms with E-state index >= 15 is 0 Å². The molecule has 1 aliphatic heterocycles. The number of alkyl halides is 2. The van der Waals surface area contributed by atoms with Gasteiger partial charge in [-0.25, -0.2) is 8.78 Å². The summed E-state index contributed by atoms with van der Waals surface area (Å²) in [6.45, 7) is 1.93. The lowest BCUT2D eigenvalue weighted by Gasteiger charge is -2.14. The molecular weight excluding hydrogens is 212 g/mol. The largest absolute Gasteiger partial charge is 0.490 e. The summed E-state index contributed by atoms with van der Waals surface area (Å²) in [6.07, 6.45) is -1.50. The topological polar surface area (TPSA) is 35.2 Å². The molecule has 1 aromatic carbocycles. The monoisotopic (exact) mass is 227 g/mol. The quantitative estimate of drug-likeness (QED) is 0.860. The standard InChI is InChI=1S/C12H15F2NO/c1-7-4-9-5-8(2-3-11(9)16-7)10(6-15)12(13)14/h2-3,5,7,10,12H,4,6,15H2,1H3.